The molecule has 20 heavy (non-hydrogen) atoms. The topological polar surface area (TPSA) is 35.2 Å². The van der Waals surface area contributed by atoms with Crippen LogP contribution < -0.4 is 10.5 Å². The maximum Gasteiger partial charge on any atom is 0.122 e. The van der Waals surface area contributed by atoms with E-state index in [2.05, 4.69) is 6.92 Å². The minimum Gasteiger partial charge on any atom is -0.490 e. The Morgan fingerprint density at radius 2 is 1.90 bits per heavy atom. The monoisotopic (exact) mass is 315 g/mol. The van der Waals surface area contributed by atoms with Crippen LogP contribution in [0.25, 0.3) is 0 Å². The minimum atomic E-state index is 0.180. The Labute approximate surface area is 131 Å². The molecule has 1 fully saturated rings. The molecule has 1 aliphatic carbocycles. The molecule has 0 spiro atoms. The van der Waals surface area contributed by atoms with Crippen LogP contribution in [0.1, 0.15) is 39.0 Å². The van der Waals surface area contributed by atoms with Crippen molar-refractivity contribution in [1.29, 1.82) is 0 Å². The first-order chi connectivity index (χ1) is 9.62. The second kappa shape index (κ2) is 7.53. The van der Waals surface area contributed by atoms with Crippen molar-refractivity contribution in [2.45, 2.75) is 45.1 Å². The van der Waals surface area contributed by atoms with Crippen LogP contribution in [0.4, 0.5) is 0 Å². The fourth-order valence-corrected chi connectivity index (χ4v) is 3.64. The molecule has 0 aromatic heterocycles. The highest BCUT2D eigenvalue weighted by Crippen LogP contribution is 2.35. The maximum atomic E-state index is 6.15. The summed E-state index contributed by atoms with van der Waals surface area (Å²) in [6, 6.07) is 5.37. The molecule has 1 aliphatic rings. The molecular formula is C16H23Cl2NO. The van der Waals surface area contributed by atoms with Gasteiger partial charge in [-0.3, -0.25) is 0 Å². The molecule has 1 aromatic carbocycles. The zero-order chi connectivity index (χ0) is 14.5. The van der Waals surface area contributed by atoms with Crippen molar-refractivity contribution in [2.75, 3.05) is 6.54 Å². The minimum absolute atomic E-state index is 0.180. The van der Waals surface area contributed by atoms with E-state index in [4.69, 9.17) is 33.7 Å². The van der Waals surface area contributed by atoms with Gasteiger partial charge >= 0.3 is 0 Å². The van der Waals surface area contributed by atoms with Crippen molar-refractivity contribution in [3.8, 4) is 5.75 Å². The van der Waals surface area contributed by atoms with E-state index in [0.29, 0.717) is 22.5 Å². The summed E-state index contributed by atoms with van der Waals surface area (Å²) >= 11 is 12.1. The van der Waals surface area contributed by atoms with Gasteiger partial charge < -0.3 is 10.5 Å². The molecule has 0 radical (unpaired) electrons. The normalized spacial score (nSPS) is 26.5. The van der Waals surface area contributed by atoms with Gasteiger partial charge in [-0.2, -0.15) is 0 Å². The van der Waals surface area contributed by atoms with Crippen LogP contribution in [0.3, 0.4) is 0 Å². The van der Waals surface area contributed by atoms with Gasteiger partial charge in [-0.25, -0.2) is 0 Å². The third kappa shape index (κ3) is 4.28. The third-order valence-corrected chi connectivity index (χ3v) is 4.60. The summed E-state index contributed by atoms with van der Waals surface area (Å²) in [6.45, 7) is 2.92. The zero-order valence-electron chi connectivity index (χ0n) is 11.9. The lowest BCUT2D eigenvalue weighted by Crippen LogP contribution is -2.38. The van der Waals surface area contributed by atoms with E-state index >= 15 is 0 Å². The molecule has 1 aromatic rings. The Balaban J connectivity index is 2.06. The summed E-state index contributed by atoms with van der Waals surface area (Å²) < 4.78 is 6.15. The van der Waals surface area contributed by atoms with Crippen molar-refractivity contribution in [1.82, 2.24) is 0 Å². The molecule has 0 saturated heterocycles. The standard InChI is InChI=1S/C16H23Cl2NO/c1-2-3-11-4-5-12(10-19)16(6-11)20-15-8-13(17)7-14(18)9-15/h7-9,11-12,16H,2-6,10,19H2,1H3. The molecule has 0 bridgehead atoms. The molecule has 3 unspecified atom stereocenters. The molecular weight excluding hydrogens is 293 g/mol. The van der Waals surface area contributed by atoms with Crippen LogP contribution in [0, 0.1) is 11.8 Å². The van der Waals surface area contributed by atoms with Gasteiger partial charge in [-0.1, -0.05) is 43.0 Å². The number of hydrogen-bond donors (Lipinski definition) is 1. The lowest BCUT2D eigenvalue weighted by atomic mass is 9.78. The maximum absolute atomic E-state index is 6.15. The van der Waals surface area contributed by atoms with Crippen LogP contribution in [0.15, 0.2) is 18.2 Å². The van der Waals surface area contributed by atoms with E-state index in [9.17, 15) is 0 Å². The summed E-state index contributed by atoms with van der Waals surface area (Å²) in [4.78, 5) is 0. The molecule has 4 heteroatoms. The highest BCUT2D eigenvalue weighted by atomic mass is 35.5. The molecule has 0 amide bonds. The fraction of sp³-hybridized carbons (Fsp3) is 0.625. The number of hydrogen-bond acceptors (Lipinski definition) is 2. The van der Waals surface area contributed by atoms with Crippen molar-refractivity contribution >= 4 is 23.2 Å². The Morgan fingerprint density at radius 1 is 1.20 bits per heavy atom. The van der Waals surface area contributed by atoms with E-state index in [1.54, 1.807) is 6.07 Å². The van der Waals surface area contributed by atoms with E-state index < -0.39 is 0 Å². The van der Waals surface area contributed by atoms with Gasteiger partial charge in [-0.05, 0) is 49.9 Å². The Morgan fingerprint density at radius 3 is 2.50 bits per heavy atom. The smallest absolute Gasteiger partial charge is 0.122 e. The summed E-state index contributed by atoms with van der Waals surface area (Å²) in [5.41, 5.74) is 5.89. The average molecular weight is 316 g/mol. The number of rotatable bonds is 5. The Bertz CT molecular complexity index is 418. The molecule has 2 N–H and O–H groups in total. The second-order valence-electron chi connectivity index (χ2n) is 5.72. The highest BCUT2D eigenvalue weighted by molar-refractivity contribution is 6.34. The van der Waals surface area contributed by atoms with Gasteiger partial charge in [0.2, 0.25) is 0 Å². The van der Waals surface area contributed by atoms with Crippen LogP contribution >= 0.6 is 23.2 Å². The van der Waals surface area contributed by atoms with Gasteiger partial charge in [0, 0.05) is 16.0 Å². The van der Waals surface area contributed by atoms with E-state index in [1.165, 1.54) is 19.3 Å². The summed E-state index contributed by atoms with van der Waals surface area (Å²) in [7, 11) is 0. The van der Waals surface area contributed by atoms with E-state index in [0.717, 1.165) is 24.5 Å². The molecule has 2 nitrogen and oxygen atoms in total. The summed E-state index contributed by atoms with van der Waals surface area (Å²) in [5, 5.41) is 1.22. The predicted molar refractivity (Wildman–Crippen MR) is 85.7 cm³/mol. The first kappa shape index (κ1) is 15.9. The van der Waals surface area contributed by atoms with Crippen molar-refractivity contribution in [3.63, 3.8) is 0 Å². The molecule has 1 saturated carbocycles. The number of ether oxygens (including phenoxy) is 1. The molecule has 112 valence electrons. The van der Waals surface area contributed by atoms with Gasteiger partial charge in [0.25, 0.3) is 0 Å². The van der Waals surface area contributed by atoms with E-state index in [-0.39, 0.29) is 6.10 Å². The molecule has 2 rings (SSSR count). The largest absolute Gasteiger partial charge is 0.490 e. The Kier molecular flexibility index (Phi) is 6.01. The molecule has 0 aliphatic heterocycles. The summed E-state index contributed by atoms with van der Waals surface area (Å²) in [5.74, 6) is 1.94. The average Bonchev–Trinajstić information content (AvgIpc) is 2.38. The third-order valence-electron chi connectivity index (χ3n) is 4.16. The molecule has 0 heterocycles. The van der Waals surface area contributed by atoms with Crippen molar-refractivity contribution in [2.24, 2.45) is 17.6 Å². The first-order valence-corrected chi connectivity index (χ1v) is 8.20. The molecule has 3 atom stereocenters. The van der Waals surface area contributed by atoms with Crippen LogP contribution in [0.5, 0.6) is 5.75 Å². The van der Waals surface area contributed by atoms with Gasteiger partial charge in [0.1, 0.15) is 11.9 Å². The fourth-order valence-electron chi connectivity index (χ4n) is 3.13. The van der Waals surface area contributed by atoms with Gasteiger partial charge in [0.15, 0.2) is 0 Å². The van der Waals surface area contributed by atoms with Gasteiger partial charge in [0.05, 0.1) is 0 Å². The number of halogens is 2. The van der Waals surface area contributed by atoms with Crippen LogP contribution in [-0.4, -0.2) is 12.6 Å². The first-order valence-electron chi connectivity index (χ1n) is 7.45. The Hall–Kier alpha value is -0.440. The van der Waals surface area contributed by atoms with Crippen LogP contribution in [0.2, 0.25) is 10.0 Å². The zero-order valence-corrected chi connectivity index (χ0v) is 13.5. The highest BCUT2D eigenvalue weighted by Gasteiger charge is 2.30. The van der Waals surface area contributed by atoms with E-state index in [1.807, 2.05) is 12.1 Å². The quantitative estimate of drug-likeness (QED) is 0.837. The lowest BCUT2D eigenvalue weighted by molar-refractivity contribution is 0.0669. The van der Waals surface area contributed by atoms with Crippen molar-refractivity contribution in [3.05, 3.63) is 28.2 Å². The van der Waals surface area contributed by atoms with Crippen LogP contribution in [-0.2, 0) is 0 Å². The second-order valence-corrected chi connectivity index (χ2v) is 6.60. The SMILES string of the molecule is CCCC1CCC(CN)C(Oc2cc(Cl)cc(Cl)c2)C1. The van der Waals surface area contributed by atoms with Gasteiger partial charge in [-0.15, -0.1) is 0 Å². The lowest BCUT2D eigenvalue weighted by Gasteiger charge is -2.35. The number of benzene rings is 1. The van der Waals surface area contributed by atoms with Crippen molar-refractivity contribution < 1.29 is 4.74 Å². The predicted octanol–water partition coefficient (Wildman–Crippen LogP) is 4.92. The number of nitrogens with two attached hydrogens (primary N) is 1. The summed E-state index contributed by atoms with van der Waals surface area (Å²) in [6.07, 6.45) is 6.19.